The van der Waals surface area contributed by atoms with E-state index in [1.807, 2.05) is 6.92 Å². The Balaban J connectivity index is 2.11. The molecule has 0 aliphatic heterocycles. The van der Waals surface area contributed by atoms with Gasteiger partial charge in [0.1, 0.15) is 0 Å². The summed E-state index contributed by atoms with van der Waals surface area (Å²) in [4.78, 5) is 11.6. The molecule has 5 heteroatoms. The summed E-state index contributed by atoms with van der Waals surface area (Å²) in [6.45, 7) is 4.94. The van der Waals surface area contributed by atoms with Crippen molar-refractivity contribution in [1.29, 1.82) is 0 Å². The Bertz CT molecular complexity index is 310. The van der Waals surface area contributed by atoms with Crippen molar-refractivity contribution in [2.45, 2.75) is 52.0 Å². The summed E-state index contributed by atoms with van der Waals surface area (Å²) in [6, 6.07) is -0.178. The predicted molar refractivity (Wildman–Crippen MR) is 80.7 cm³/mol. The standard InChI is InChI=1S/C14H28N2O2S/c1-11-5-4-6-13(9-11)7-8-15-14(17)16-12(2)10-19(3)18/h11-13H,4-10H2,1-3H3,(H2,15,16,17)/t11-,12-,13-,19-/m1/s1. The number of carbonyl (C=O) groups is 1. The molecule has 0 aromatic rings. The fraction of sp³-hybridized carbons (Fsp3) is 0.929. The van der Waals surface area contributed by atoms with Crippen LogP contribution in [-0.4, -0.2) is 34.8 Å². The average molecular weight is 288 g/mol. The summed E-state index contributed by atoms with van der Waals surface area (Å²) in [5.74, 6) is 2.12. The minimum atomic E-state index is -0.868. The SMILES string of the molecule is C[C@@H]1CCC[C@H](CCNC(=O)N[C@H](C)C[S@@](C)=O)C1. The van der Waals surface area contributed by atoms with Crippen LogP contribution >= 0.6 is 0 Å². The maximum absolute atomic E-state index is 11.6. The third-order valence-electron chi connectivity index (χ3n) is 3.75. The molecule has 4 nitrogen and oxygen atoms in total. The monoisotopic (exact) mass is 288 g/mol. The van der Waals surface area contributed by atoms with Gasteiger partial charge in [0.15, 0.2) is 0 Å². The number of rotatable bonds is 6. The summed E-state index contributed by atoms with van der Waals surface area (Å²) >= 11 is 0. The summed E-state index contributed by atoms with van der Waals surface area (Å²) in [6.07, 6.45) is 8.02. The van der Waals surface area contributed by atoms with E-state index in [2.05, 4.69) is 17.6 Å². The molecule has 1 aliphatic rings. The van der Waals surface area contributed by atoms with Gasteiger partial charge in [-0.25, -0.2) is 4.79 Å². The Morgan fingerprint density at radius 1 is 1.42 bits per heavy atom. The highest BCUT2D eigenvalue weighted by molar-refractivity contribution is 7.84. The van der Waals surface area contributed by atoms with Gasteiger partial charge in [-0.3, -0.25) is 4.21 Å². The first-order valence-electron chi connectivity index (χ1n) is 7.31. The maximum atomic E-state index is 11.6. The Kier molecular flexibility index (Phi) is 7.42. The van der Waals surface area contributed by atoms with Crippen LogP contribution in [0.25, 0.3) is 0 Å². The lowest BCUT2D eigenvalue weighted by atomic mass is 9.81. The molecule has 1 fully saturated rings. The van der Waals surface area contributed by atoms with Gasteiger partial charge in [-0.2, -0.15) is 0 Å². The van der Waals surface area contributed by atoms with E-state index in [-0.39, 0.29) is 12.1 Å². The smallest absolute Gasteiger partial charge is 0.315 e. The first-order chi connectivity index (χ1) is 8.97. The van der Waals surface area contributed by atoms with Crippen molar-refractivity contribution in [1.82, 2.24) is 10.6 Å². The van der Waals surface area contributed by atoms with Crippen LogP contribution in [0.2, 0.25) is 0 Å². The highest BCUT2D eigenvalue weighted by atomic mass is 32.2. The summed E-state index contributed by atoms with van der Waals surface area (Å²) in [5, 5.41) is 5.71. The van der Waals surface area contributed by atoms with Crippen molar-refractivity contribution < 1.29 is 9.00 Å². The van der Waals surface area contributed by atoms with Crippen LogP contribution in [0, 0.1) is 11.8 Å². The lowest BCUT2D eigenvalue weighted by Gasteiger charge is -2.26. The summed E-state index contributed by atoms with van der Waals surface area (Å²) < 4.78 is 11.0. The Labute approximate surface area is 119 Å². The third kappa shape index (κ3) is 7.55. The van der Waals surface area contributed by atoms with Crippen LogP contribution in [0.3, 0.4) is 0 Å². The second-order valence-corrected chi connectivity index (χ2v) is 7.45. The minimum absolute atomic E-state index is 0.0412. The second-order valence-electron chi connectivity index (χ2n) is 5.97. The molecule has 1 aliphatic carbocycles. The van der Waals surface area contributed by atoms with Crippen LogP contribution < -0.4 is 10.6 Å². The molecule has 2 N–H and O–H groups in total. The molecule has 1 saturated carbocycles. The van der Waals surface area contributed by atoms with Crippen LogP contribution in [-0.2, 0) is 10.8 Å². The number of hydrogen-bond acceptors (Lipinski definition) is 2. The number of nitrogens with one attached hydrogen (secondary N) is 2. The molecule has 2 amide bonds. The normalized spacial score (nSPS) is 26.5. The van der Waals surface area contributed by atoms with Crippen molar-refractivity contribution in [3.8, 4) is 0 Å². The largest absolute Gasteiger partial charge is 0.338 e. The van der Waals surface area contributed by atoms with Gasteiger partial charge >= 0.3 is 6.03 Å². The molecule has 0 unspecified atom stereocenters. The molecule has 0 aromatic carbocycles. The van der Waals surface area contributed by atoms with Gasteiger partial charge in [-0.05, 0) is 31.6 Å². The Morgan fingerprint density at radius 2 is 2.16 bits per heavy atom. The van der Waals surface area contributed by atoms with E-state index < -0.39 is 10.8 Å². The van der Waals surface area contributed by atoms with Gasteiger partial charge in [-0.1, -0.05) is 26.2 Å². The highest BCUT2D eigenvalue weighted by Crippen LogP contribution is 2.30. The van der Waals surface area contributed by atoms with Gasteiger partial charge in [-0.15, -0.1) is 0 Å². The molecule has 112 valence electrons. The maximum Gasteiger partial charge on any atom is 0.315 e. The molecule has 0 saturated heterocycles. The quantitative estimate of drug-likeness (QED) is 0.787. The minimum Gasteiger partial charge on any atom is -0.338 e. The number of carbonyl (C=O) groups excluding carboxylic acids is 1. The van der Waals surface area contributed by atoms with Crippen molar-refractivity contribution in [2.24, 2.45) is 11.8 Å². The first kappa shape index (κ1) is 16.5. The third-order valence-corrected chi connectivity index (χ3v) is 4.71. The van der Waals surface area contributed by atoms with E-state index in [0.29, 0.717) is 5.75 Å². The van der Waals surface area contributed by atoms with Crippen LogP contribution in [0.1, 0.15) is 46.0 Å². The number of urea groups is 1. The van der Waals surface area contributed by atoms with Gasteiger partial charge < -0.3 is 10.6 Å². The summed E-state index contributed by atoms with van der Waals surface area (Å²) in [7, 11) is -0.868. The molecule has 0 spiro atoms. The fourth-order valence-corrected chi connectivity index (χ4v) is 3.67. The van der Waals surface area contributed by atoms with Crippen LogP contribution in [0.4, 0.5) is 4.79 Å². The Hall–Kier alpha value is -0.580. The van der Waals surface area contributed by atoms with Gasteiger partial charge in [0.05, 0.1) is 0 Å². The van der Waals surface area contributed by atoms with Crippen molar-refractivity contribution in [3.05, 3.63) is 0 Å². The van der Waals surface area contributed by atoms with Crippen LogP contribution in [0.5, 0.6) is 0 Å². The molecule has 4 atom stereocenters. The molecular formula is C14H28N2O2S. The fourth-order valence-electron chi connectivity index (χ4n) is 2.88. The van der Waals surface area contributed by atoms with E-state index in [4.69, 9.17) is 0 Å². The van der Waals surface area contributed by atoms with E-state index >= 15 is 0 Å². The zero-order valence-corrected chi connectivity index (χ0v) is 13.2. The zero-order valence-electron chi connectivity index (χ0n) is 12.4. The molecule has 0 aromatic heterocycles. The molecule has 1 rings (SSSR count). The first-order valence-corrected chi connectivity index (χ1v) is 9.04. The van der Waals surface area contributed by atoms with Gasteiger partial charge in [0, 0.05) is 35.4 Å². The van der Waals surface area contributed by atoms with Crippen LogP contribution in [0.15, 0.2) is 0 Å². The van der Waals surface area contributed by atoms with Crippen molar-refractivity contribution >= 4 is 16.8 Å². The highest BCUT2D eigenvalue weighted by Gasteiger charge is 2.18. The van der Waals surface area contributed by atoms with Crippen molar-refractivity contribution in [2.75, 3.05) is 18.6 Å². The predicted octanol–water partition coefficient (Wildman–Crippen LogP) is 2.27. The molecule has 0 heterocycles. The number of amides is 2. The second kappa shape index (κ2) is 8.56. The number of hydrogen-bond donors (Lipinski definition) is 2. The van der Waals surface area contributed by atoms with E-state index in [0.717, 1.165) is 24.8 Å². The van der Waals surface area contributed by atoms with E-state index in [1.165, 1.54) is 25.7 Å². The topological polar surface area (TPSA) is 58.2 Å². The molecule has 19 heavy (non-hydrogen) atoms. The molecular weight excluding hydrogens is 260 g/mol. The summed E-state index contributed by atoms with van der Waals surface area (Å²) in [5.41, 5.74) is 0. The zero-order chi connectivity index (χ0) is 14.3. The average Bonchev–Trinajstić information content (AvgIpc) is 2.27. The molecule has 0 radical (unpaired) electrons. The lowest BCUT2D eigenvalue weighted by Crippen LogP contribution is -2.43. The van der Waals surface area contributed by atoms with E-state index in [9.17, 15) is 9.00 Å². The Morgan fingerprint density at radius 3 is 2.79 bits per heavy atom. The van der Waals surface area contributed by atoms with Crippen molar-refractivity contribution in [3.63, 3.8) is 0 Å². The molecule has 0 bridgehead atoms. The van der Waals surface area contributed by atoms with Gasteiger partial charge in [0.2, 0.25) is 0 Å². The van der Waals surface area contributed by atoms with Gasteiger partial charge in [0.25, 0.3) is 0 Å². The lowest BCUT2D eigenvalue weighted by molar-refractivity contribution is 0.234. The van der Waals surface area contributed by atoms with E-state index in [1.54, 1.807) is 6.26 Å².